The van der Waals surface area contributed by atoms with Gasteiger partial charge in [-0.15, -0.1) is 0 Å². The third kappa shape index (κ3) is 2.99. The Morgan fingerprint density at radius 2 is 1.88 bits per heavy atom. The van der Waals surface area contributed by atoms with Crippen LogP contribution in [0.5, 0.6) is 0 Å². The number of hydrogen-bond donors (Lipinski definition) is 1. The van der Waals surface area contributed by atoms with Crippen molar-refractivity contribution in [3.05, 3.63) is 71.7 Å². The Hall–Kier alpha value is -2.66. The topological polar surface area (TPSA) is 55.6 Å². The molecule has 1 aliphatic rings. The SMILES string of the molecule is Cc1nc2ccccn2c1C(=O)NCC1(c2ccccc2)CCOCC1. The summed E-state index contributed by atoms with van der Waals surface area (Å²) in [5, 5.41) is 3.17. The van der Waals surface area contributed by atoms with Crippen LogP contribution in [0.3, 0.4) is 0 Å². The summed E-state index contributed by atoms with van der Waals surface area (Å²) < 4.78 is 7.43. The summed E-state index contributed by atoms with van der Waals surface area (Å²) in [6, 6.07) is 16.2. The lowest BCUT2D eigenvalue weighted by molar-refractivity contribution is 0.0486. The number of hydrogen-bond acceptors (Lipinski definition) is 3. The monoisotopic (exact) mass is 349 g/mol. The fraction of sp³-hybridized carbons (Fsp3) is 0.333. The van der Waals surface area contributed by atoms with Gasteiger partial charge in [0, 0.05) is 31.4 Å². The van der Waals surface area contributed by atoms with Crippen LogP contribution in [0.2, 0.25) is 0 Å². The zero-order chi connectivity index (χ0) is 18.0. The molecule has 4 rings (SSSR count). The highest BCUT2D eigenvalue weighted by Gasteiger charge is 2.35. The van der Waals surface area contributed by atoms with Crippen molar-refractivity contribution in [3.8, 4) is 0 Å². The minimum atomic E-state index is -0.0806. The number of fused-ring (bicyclic) bond motifs is 1. The van der Waals surface area contributed by atoms with Crippen molar-refractivity contribution >= 4 is 11.6 Å². The van der Waals surface area contributed by atoms with Crippen LogP contribution in [0, 0.1) is 6.92 Å². The Kier molecular flexibility index (Phi) is 4.47. The maximum Gasteiger partial charge on any atom is 0.270 e. The molecule has 2 aromatic heterocycles. The molecule has 5 heteroatoms. The van der Waals surface area contributed by atoms with Gasteiger partial charge in [0.05, 0.1) is 5.69 Å². The van der Waals surface area contributed by atoms with Crippen LogP contribution in [0.15, 0.2) is 54.7 Å². The van der Waals surface area contributed by atoms with Gasteiger partial charge in [-0.3, -0.25) is 9.20 Å². The van der Waals surface area contributed by atoms with Crippen molar-refractivity contribution in [3.63, 3.8) is 0 Å². The van der Waals surface area contributed by atoms with Crippen molar-refractivity contribution in [2.24, 2.45) is 0 Å². The molecular formula is C21H23N3O2. The van der Waals surface area contributed by atoms with E-state index >= 15 is 0 Å². The van der Waals surface area contributed by atoms with Crippen molar-refractivity contribution < 1.29 is 9.53 Å². The number of carbonyl (C=O) groups excluding carboxylic acids is 1. The van der Waals surface area contributed by atoms with Gasteiger partial charge in [-0.25, -0.2) is 4.98 Å². The lowest BCUT2D eigenvalue weighted by Gasteiger charge is -2.38. The second-order valence-corrected chi connectivity index (χ2v) is 6.92. The molecule has 3 heterocycles. The molecule has 1 N–H and O–H groups in total. The fourth-order valence-corrected chi connectivity index (χ4v) is 3.84. The number of rotatable bonds is 4. The summed E-state index contributed by atoms with van der Waals surface area (Å²) in [5.41, 5.74) is 3.33. The third-order valence-electron chi connectivity index (χ3n) is 5.34. The average molecular weight is 349 g/mol. The minimum Gasteiger partial charge on any atom is -0.381 e. The van der Waals surface area contributed by atoms with Crippen LogP contribution >= 0.6 is 0 Å². The van der Waals surface area contributed by atoms with Gasteiger partial charge in [-0.2, -0.15) is 0 Å². The predicted molar refractivity (Wildman–Crippen MR) is 100 cm³/mol. The summed E-state index contributed by atoms with van der Waals surface area (Å²) in [4.78, 5) is 17.4. The van der Waals surface area contributed by atoms with Crippen LogP contribution in [0.1, 0.15) is 34.6 Å². The normalized spacial score (nSPS) is 16.5. The lowest BCUT2D eigenvalue weighted by Crippen LogP contribution is -2.44. The third-order valence-corrected chi connectivity index (χ3v) is 5.34. The fourth-order valence-electron chi connectivity index (χ4n) is 3.84. The number of aromatic nitrogens is 2. The van der Waals surface area contributed by atoms with E-state index in [0.29, 0.717) is 12.2 Å². The highest BCUT2D eigenvalue weighted by atomic mass is 16.5. The molecule has 0 radical (unpaired) electrons. The standard InChI is InChI=1S/C21H23N3O2/c1-16-19(24-12-6-5-9-18(24)23-16)20(25)22-15-21(10-13-26-14-11-21)17-7-3-2-4-8-17/h2-9,12H,10-11,13-15H2,1H3,(H,22,25). The van der Waals surface area contributed by atoms with E-state index in [4.69, 9.17) is 4.74 Å². The second-order valence-electron chi connectivity index (χ2n) is 6.92. The van der Waals surface area contributed by atoms with Gasteiger partial charge >= 0.3 is 0 Å². The molecule has 0 aliphatic carbocycles. The van der Waals surface area contributed by atoms with E-state index in [0.717, 1.165) is 37.4 Å². The molecule has 1 aliphatic heterocycles. The van der Waals surface area contributed by atoms with E-state index in [9.17, 15) is 4.79 Å². The number of ether oxygens (including phenoxy) is 1. The second kappa shape index (κ2) is 6.92. The number of carbonyl (C=O) groups is 1. The number of nitrogens with zero attached hydrogens (tertiary/aromatic N) is 2. The maximum absolute atomic E-state index is 13.0. The first-order chi connectivity index (χ1) is 12.7. The van der Waals surface area contributed by atoms with E-state index in [2.05, 4.69) is 34.6 Å². The number of imidazole rings is 1. The van der Waals surface area contributed by atoms with Crippen molar-refractivity contribution in [2.75, 3.05) is 19.8 Å². The molecule has 1 fully saturated rings. The van der Waals surface area contributed by atoms with E-state index in [1.165, 1.54) is 5.56 Å². The Bertz CT molecular complexity index is 911. The Morgan fingerprint density at radius 3 is 2.65 bits per heavy atom. The minimum absolute atomic E-state index is 0.0798. The van der Waals surface area contributed by atoms with Crippen LogP contribution < -0.4 is 5.32 Å². The van der Waals surface area contributed by atoms with Crippen molar-refractivity contribution in [1.29, 1.82) is 0 Å². The van der Waals surface area contributed by atoms with Gasteiger partial charge in [0.15, 0.2) is 0 Å². The predicted octanol–water partition coefficient (Wildman–Crippen LogP) is 3.12. The van der Waals surface area contributed by atoms with E-state index in [1.54, 1.807) is 0 Å². The van der Waals surface area contributed by atoms with E-state index in [1.807, 2.05) is 41.8 Å². The highest BCUT2D eigenvalue weighted by molar-refractivity contribution is 5.94. The molecule has 1 aromatic carbocycles. The summed E-state index contributed by atoms with van der Waals surface area (Å²) >= 11 is 0. The molecule has 1 amide bonds. The molecule has 3 aromatic rings. The van der Waals surface area contributed by atoms with Gasteiger partial charge in [-0.1, -0.05) is 36.4 Å². The summed E-state index contributed by atoms with van der Waals surface area (Å²) in [5.74, 6) is -0.0806. The Morgan fingerprint density at radius 1 is 1.15 bits per heavy atom. The number of benzene rings is 1. The first kappa shape index (κ1) is 16.8. The van der Waals surface area contributed by atoms with Gasteiger partial charge in [0.1, 0.15) is 11.3 Å². The first-order valence-corrected chi connectivity index (χ1v) is 9.05. The van der Waals surface area contributed by atoms with Crippen molar-refractivity contribution in [1.82, 2.24) is 14.7 Å². The molecule has 26 heavy (non-hydrogen) atoms. The molecule has 0 unspecified atom stereocenters. The highest BCUT2D eigenvalue weighted by Crippen LogP contribution is 2.34. The molecule has 0 spiro atoms. The average Bonchev–Trinajstić information content (AvgIpc) is 3.03. The van der Waals surface area contributed by atoms with Gasteiger partial charge < -0.3 is 10.1 Å². The molecule has 0 saturated carbocycles. The van der Waals surface area contributed by atoms with E-state index < -0.39 is 0 Å². The zero-order valence-electron chi connectivity index (χ0n) is 14.9. The number of pyridine rings is 1. The Balaban J connectivity index is 1.59. The van der Waals surface area contributed by atoms with Crippen LogP contribution in [-0.4, -0.2) is 35.1 Å². The largest absolute Gasteiger partial charge is 0.381 e. The van der Waals surface area contributed by atoms with Crippen LogP contribution in [0.4, 0.5) is 0 Å². The number of aryl methyl sites for hydroxylation is 1. The molecular weight excluding hydrogens is 326 g/mol. The molecule has 5 nitrogen and oxygen atoms in total. The van der Waals surface area contributed by atoms with E-state index in [-0.39, 0.29) is 11.3 Å². The lowest BCUT2D eigenvalue weighted by atomic mass is 9.74. The number of nitrogens with one attached hydrogen (secondary N) is 1. The van der Waals surface area contributed by atoms with Crippen LogP contribution in [0.25, 0.3) is 5.65 Å². The Labute approximate surface area is 153 Å². The van der Waals surface area contributed by atoms with Gasteiger partial charge in [0.2, 0.25) is 0 Å². The molecule has 0 atom stereocenters. The maximum atomic E-state index is 13.0. The first-order valence-electron chi connectivity index (χ1n) is 9.05. The summed E-state index contributed by atoms with van der Waals surface area (Å²) in [6.07, 6.45) is 3.69. The van der Waals surface area contributed by atoms with Gasteiger partial charge in [0.25, 0.3) is 5.91 Å². The zero-order valence-corrected chi connectivity index (χ0v) is 14.9. The van der Waals surface area contributed by atoms with Gasteiger partial charge in [-0.05, 0) is 37.5 Å². The number of amides is 1. The summed E-state index contributed by atoms with van der Waals surface area (Å²) in [6.45, 7) is 3.92. The molecule has 134 valence electrons. The molecule has 0 bridgehead atoms. The molecule has 1 saturated heterocycles. The van der Waals surface area contributed by atoms with Crippen LogP contribution in [-0.2, 0) is 10.2 Å². The quantitative estimate of drug-likeness (QED) is 0.787. The smallest absolute Gasteiger partial charge is 0.270 e. The van der Waals surface area contributed by atoms with Crippen molar-refractivity contribution in [2.45, 2.75) is 25.2 Å². The summed E-state index contributed by atoms with van der Waals surface area (Å²) in [7, 11) is 0.